The second-order valence-corrected chi connectivity index (χ2v) is 7.24. The molecule has 6 nitrogen and oxygen atoms in total. The maximum atomic E-state index is 13.5. The Morgan fingerprint density at radius 1 is 0.862 bits per heavy atom. The van der Waals surface area contributed by atoms with Gasteiger partial charge in [0, 0.05) is 12.4 Å². The molecule has 1 aromatic heterocycles. The summed E-state index contributed by atoms with van der Waals surface area (Å²) in [5, 5.41) is 1.69. The average molecular weight is 385 g/mol. The van der Waals surface area contributed by atoms with Crippen LogP contribution in [-0.2, 0) is 14.4 Å². The molecule has 0 N–H and O–H groups in total. The van der Waals surface area contributed by atoms with E-state index in [-0.39, 0.29) is 11.8 Å². The summed E-state index contributed by atoms with van der Waals surface area (Å²) in [6, 6.07) is 20.2. The summed E-state index contributed by atoms with van der Waals surface area (Å²) in [7, 11) is 0. The van der Waals surface area contributed by atoms with Crippen LogP contribution in [0.25, 0.3) is 0 Å². The number of aromatic nitrogens is 1. The van der Waals surface area contributed by atoms with Gasteiger partial charge in [-0.25, -0.2) is 9.96 Å². The molecule has 5 rings (SSSR count). The van der Waals surface area contributed by atoms with Gasteiger partial charge in [0.05, 0.1) is 17.4 Å². The van der Waals surface area contributed by atoms with Gasteiger partial charge in [-0.2, -0.15) is 0 Å². The lowest BCUT2D eigenvalue weighted by atomic mass is 9.91. The summed E-state index contributed by atoms with van der Waals surface area (Å²) in [4.78, 5) is 38.2. The van der Waals surface area contributed by atoms with Crippen molar-refractivity contribution in [2.75, 3.05) is 9.96 Å². The third-order valence-electron chi connectivity index (χ3n) is 5.53. The summed E-state index contributed by atoms with van der Waals surface area (Å²) >= 11 is 0. The molecule has 0 radical (unpaired) electrons. The summed E-state index contributed by atoms with van der Waals surface area (Å²) < 4.78 is 0. The Balaban J connectivity index is 1.60. The first-order valence-electron chi connectivity index (χ1n) is 9.51. The van der Waals surface area contributed by atoms with Crippen molar-refractivity contribution >= 4 is 23.2 Å². The zero-order valence-corrected chi connectivity index (χ0v) is 15.8. The van der Waals surface area contributed by atoms with Crippen molar-refractivity contribution in [2.45, 2.75) is 19.1 Å². The molecule has 0 unspecified atom stereocenters. The van der Waals surface area contributed by atoms with Crippen molar-refractivity contribution in [1.29, 1.82) is 0 Å². The van der Waals surface area contributed by atoms with E-state index in [4.69, 9.17) is 4.84 Å². The molecule has 3 heterocycles. The van der Waals surface area contributed by atoms with Crippen LogP contribution in [-0.4, -0.2) is 22.9 Å². The van der Waals surface area contributed by atoms with Crippen molar-refractivity contribution in [3.05, 3.63) is 90.3 Å². The van der Waals surface area contributed by atoms with Gasteiger partial charge in [0.1, 0.15) is 5.92 Å². The maximum absolute atomic E-state index is 13.5. The second kappa shape index (κ2) is 6.83. The molecular formula is C23H19N3O3. The number of pyridine rings is 1. The summed E-state index contributed by atoms with van der Waals surface area (Å²) in [5.74, 6) is -1.20. The number of fused-ring (bicyclic) bond motifs is 1. The number of imide groups is 1. The highest BCUT2D eigenvalue weighted by Gasteiger charge is 2.60. The fourth-order valence-electron chi connectivity index (χ4n) is 4.16. The maximum Gasteiger partial charge on any atom is 0.266 e. The fourth-order valence-corrected chi connectivity index (χ4v) is 4.16. The number of rotatable bonds is 3. The van der Waals surface area contributed by atoms with Crippen LogP contribution in [0.2, 0.25) is 0 Å². The van der Waals surface area contributed by atoms with Gasteiger partial charge in [-0.15, -0.1) is 0 Å². The van der Waals surface area contributed by atoms with Crippen LogP contribution in [0.15, 0.2) is 79.1 Å². The van der Waals surface area contributed by atoms with E-state index in [1.165, 1.54) is 4.90 Å². The Morgan fingerprint density at radius 2 is 1.55 bits per heavy atom. The molecule has 0 aliphatic carbocycles. The molecule has 2 aliphatic rings. The third-order valence-corrected chi connectivity index (χ3v) is 5.53. The number of anilines is 2. The van der Waals surface area contributed by atoms with Gasteiger partial charge in [-0.1, -0.05) is 36.4 Å². The van der Waals surface area contributed by atoms with E-state index in [0.29, 0.717) is 5.69 Å². The first kappa shape index (κ1) is 17.6. The SMILES string of the molecule is Cc1ccccc1N1C(=O)[C@@H]2[C@H](ON(c3ccccc3)[C@H]2c2ccncc2)C1=O. The molecule has 2 amide bonds. The summed E-state index contributed by atoms with van der Waals surface area (Å²) in [6.45, 7) is 1.89. The Kier molecular flexibility index (Phi) is 4.14. The van der Waals surface area contributed by atoms with E-state index < -0.39 is 18.1 Å². The smallest absolute Gasteiger partial charge is 0.266 e. The molecule has 144 valence electrons. The molecule has 2 aliphatic heterocycles. The lowest BCUT2D eigenvalue weighted by Crippen LogP contribution is -2.37. The molecule has 2 saturated heterocycles. The lowest BCUT2D eigenvalue weighted by Gasteiger charge is -2.29. The van der Waals surface area contributed by atoms with E-state index >= 15 is 0 Å². The first-order valence-corrected chi connectivity index (χ1v) is 9.51. The van der Waals surface area contributed by atoms with Gasteiger partial charge >= 0.3 is 0 Å². The van der Waals surface area contributed by atoms with E-state index in [9.17, 15) is 9.59 Å². The van der Waals surface area contributed by atoms with Crippen molar-refractivity contribution in [3.8, 4) is 0 Å². The van der Waals surface area contributed by atoms with Crippen LogP contribution in [0.5, 0.6) is 0 Å². The minimum atomic E-state index is -0.861. The number of amides is 2. The molecule has 0 spiro atoms. The van der Waals surface area contributed by atoms with Gasteiger partial charge in [0.25, 0.3) is 5.91 Å². The summed E-state index contributed by atoms with van der Waals surface area (Å²) in [5.41, 5.74) is 3.16. The highest BCUT2D eigenvalue weighted by Crippen LogP contribution is 2.47. The minimum absolute atomic E-state index is 0.241. The van der Waals surface area contributed by atoms with Gasteiger partial charge in [-0.05, 0) is 48.4 Å². The van der Waals surface area contributed by atoms with Crippen LogP contribution in [0.1, 0.15) is 17.2 Å². The third kappa shape index (κ3) is 2.72. The van der Waals surface area contributed by atoms with Crippen LogP contribution in [0, 0.1) is 12.8 Å². The lowest BCUT2D eigenvalue weighted by molar-refractivity contribution is -0.126. The zero-order chi connectivity index (χ0) is 20.0. The summed E-state index contributed by atoms with van der Waals surface area (Å²) in [6.07, 6.45) is 2.51. The number of benzene rings is 2. The molecule has 0 saturated carbocycles. The number of carbonyl (C=O) groups excluding carboxylic acids is 2. The standard InChI is InChI=1S/C23H19N3O3/c1-15-7-5-6-10-18(15)25-22(27)19-20(16-11-13-24-14-12-16)26(29-21(19)23(25)28)17-8-3-2-4-9-17/h2-14,19-21H,1H3/t19-,20-,21-/m0/s1. The van der Waals surface area contributed by atoms with Gasteiger partial charge in [0.15, 0.2) is 6.10 Å². The molecule has 0 bridgehead atoms. The highest BCUT2D eigenvalue weighted by atomic mass is 16.7. The number of carbonyl (C=O) groups is 2. The Labute approximate surface area is 168 Å². The van der Waals surface area contributed by atoms with Gasteiger partial charge in [0.2, 0.25) is 5.91 Å². The number of aryl methyl sites for hydroxylation is 1. The predicted molar refractivity (Wildman–Crippen MR) is 108 cm³/mol. The Morgan fingerprint density at radius 3 is 2.28 bits per heavy atom. The second-order valence-electron chi connectivity index (χ2n) is 7.24. The number of hydrogen-bond donors (Lipinski definition) is 0. The van der Waals surface area contributed by atoms with Gasteiger partial charge in [-0.3, -0.25) is 19.4 Å². The van der Waals surface area contributed by atoms with Crippen molar-refractivity contribution < 1.29 is 14.4 Å². The van der Waals surface area contributed by atoms with Crippen molar-refractivity contribution in [2.24, 2.45) is 5.92 Å². The van der Waals surface area contributed by atoms with Crippen LogP contribution >= 0.6 is 0 Å². The quantitative estimate of drug-likeness (QED) is 0.647. The largest absolute Gasteiger partial charge is 0.273 e. The predicted octanol–water partition coefficient (Wildman–Crippen LogP) is 3.44. The molecule has 29 heavy (non-hydrogen) atoms. The number of nitrogens with zero attached hydrogens (tertiary/aromatic N) is 3. The van der Waals surface area contributed by atoms with Crippen molar-refractivity contribution in [3.63, 3.8) is 0 Å². The molecule has 3 aromatic rings. The van der Waals surface area contributed by atoms with E-state index in [0.717, 1.165) is 16.8 Å². The molecular weight excluding hydrogens is 366 g/mol. The Bertz CT molecular complexity index is 1070. The Hall–Kier alpha value is -3.51. The monoisotopic (exact) mass is 385 g/mol. The van der Waals surface area contributed by atoms with Crippen LogP contribution in [0.3, 0.4) is 0 Å². The minimum Gasteiger partial charge on any atom is -0.273 e. The average Bonchev–Trinajstić information content (AvgIpc) is 3.26. The highest BCUT2D eigenvalue weighted by molar-refractivity contribution is 6.24. The van der Waals surface area contributed by atoms with Crippen LogP contribution < -0.4 is 9.96 Å². The molecule has 2 aromatic carbocycles. The topological polar surface area (TPSA) is 62.7 Å². The van der Waals surface area contributed by atoms with Crippen LogP contribution in [0.4, 0.5) is 11.4 Å². The number of para-hydroxylation sites is 2. The molecule has 6 heteroatoms. The normalized spacial score (nSPS) is 23.6. The molecule has 3 atom stereocenters. The fraction of sp³-hybridized carbons (Fsp3) is 0.174. The van der Waals surface area contributed by atoms with E-state index in [1.807, 2.05) is 67.6 Å². The first-order chi connectivity index (χ1) is 14.2. The number of hydroxylamine groups is 1. The van der Waals surface area contributed by atoms with E-state index in [1.54, 1.807) is 23.5 Å². The van der Waals surface area contributed by atoms with E-state index in [2.05, 4.69) is 4.98 Å². The zero-order valence-electron chi connectivity index (χ0n) is 15.8. The van der Waals surface area contributed by atoms with Crippen molar-refractivity contribution in [1.82, 2.24) is 4.98 Å². The molecule has 2 fully saturated rings. The van der Waals surface area contributed by atoms with Gasteiger partial charge < -0.3 is 0 Å². The number of hydrogen-bond acceptors (Lipinski definition) is 5.